The standard InChI is InChI=1S/C16H19F3N4O/c1-3-13(11-5-4-6-12(9-11)16(17,18)19)15(24)20-8-7-14-22-21-10-23(14)2/h4-6,9-10,13H,3,7-8H2,1-2H3,(H,20,24)/t13-/m1/s1. The first-order chi connectivity index (χ1) is 11.3. The van der Waals surface area contributed by atoms with Crippen LogP contribution in [-0.4, -0.2) is 27.2 Å². The molecule has 0 fully saturated rings. The fourth-order valence-electron chi connectivity index (χ4n) is 2.46. The number of amides is 1. The number of aryl methyl sites for hydroxylation is 1. The molecule has 1 heterocycles. The van der Waals surface area contributed by atoms with Crippen LogP contribution in [0.4, 0.5) is 13.2 Å². The average Bonchev–Trinajstić information content (AvgIpc) is 2.93. The predicted octanol–water partition coefficient (Wildman–Crippen LogP) is 2.69. The van der Waals surface area contributed by atoms with Crippen LogP contribution in [0.15, 0.2) is 30.6 Å². The quantitative estimate of drug-likeness (QED) is 0.879. The van der Waals surface area contributed by atoms with E-state index in [-0.39, 0.29) is 5.91 Å². The Morgan fingerprint density at radius 3 is 2.71 bits per heavy atom. The SMILES string of the molecule is CC[C@@H](C(=O)NCCc1nncn1C)c1cccc(C(F)(F)F)c1. The number of nitrogens with zero attached hydrogens (tertiary/aromatic N) is 3. The Hall–Kier alpha value is -2.38. The Balaban J connectivity index is 2.02. The number of carbonyl (C=O) groups is 1. The Bertz CT molecular complexity index is 697. The molecule has 0 aliphatic heterocycles. The Labute approximate surface area is 137 Å². The third kappa shape index (κ3) is 4.33. The molecule has 1 aromatic heterocycles. The molecule has 0 radical (unpaired) electrons. The van der Waals surface area contributed by atoms with Crippen LogP contribution >= 0.6 is 0 Å². The number of hydrogen-bond donors (Lipinski definition) is 1. The van der Waals surface area contributed by atoms with Gasteiger partial charge in [-0.3, -0.25) is 4.79 Å². The van der Waals surface area contributed by atoms with Crippen molar-refractivity contribution in [3.63, 3.8) is 0 Å². The summed E-state index contributed by atoms with van der Waals surface area (Å²) < 4.78 is 40.2. The molecule has 0 saturated carbocycles. The molecule has 0 aliphatic rings. The van der Waals surface area contributed by atoms with Crippen LogP contribution in [0, 0.1) is 0 Å². The summed E-state index contributed by atoms with van der Waals surface area (Å²) in [5.41, 5.74) is -0.381. The second-order valence-corrected chi connectivity index (χ2v) is 5.48. The van der Waals surface area contributed by atoms with E-state index in [0.717, 1.165) is 18.0 Å². The molecule has 0 aliphatic carbocycles. The summed E-state index contributed by atoms with van der Waals surface area (Å²) in [5, 5.41) is 10.4. The molecule has 1 amide bonds. The number of alkyl halides is 3. The van der Waals surface area contributed by atoms with Crippen LogP contribution in [0.2, 0.25) is 0 Å². The van der Waals surface area contributed by atoms with E-state index in [9.17, 15) is 18.0 Å². The van der Waals surface area contributed by atoms with Crippen molar-refractivity contribution in [1.82, 2.24) is 20.1 Å². The first-order valence-electron chi connectivity index (χ1n) is 7.60. The fourth-order valence-corrected chi connectivity index (χ4v) is 2.46. The molecule has 24 heavy (non-hydrogen) atoms. The van der Waals surface area contributed by atoms with Crippen LogP contribution in [0.1, 0.15) is 36.2 Å². The van der Waals surface area contributed by atoms with Crippen molar-refractivity contribution in [2.75, 3.05) is 6.54 Å². The second kappa shape index (κ2) is 7.46. The molecule has 0 unspecified atom stereocenters. The highest BCUT2D eigenvalue weighted by Gasteiger charge is 2.31. The lowest BCUT2D eigenvalue weighted by Gasteiger charge is -2.17. The molecular formula is C16H19F3N4O. The highest BCUT2D eigenvalue weighted by molar-refractivity contribution is 5.83. The molecule has 1 aromatic carbocycles. The van der Waals surface area contributed by atoms with Gasteiger partial charge >= 0.3 is 6.18 Å². The van der Waals surface area contributed by atoms with Gasteiger partial charge in [0, 0.05) is 20.0 Å². The topological polar surface area (TPSA) is 59.8 Å². The summed E-state index contributed by atoms with van der Waals surface area (Å²) in [7, 11) is 1.80. The zero-order valence-corrected chi connectivity index (χ0v) is 13.5. The van der Waals surface area contributed by atoms with E-state index in [1.807, 2.05) is 0 Å². The van der Waals surface area contributed by atoms with Crippen LogP contribution in [0.25, 0.3) is 0 Å². The lowest BCUT2D eigenvalue weighted by atomic mass is 9.94. The monoisotopic (exact) mass is 340 g/mol. The Kier molecular flexibility index (Phi) is 5.58. The van der Waals surface area contributed by atoms with Gasteiger partial charge in [0.2, 0.25) is 5.91 Å². The van der Waals surface area contributed by atoms with E-state index in [1.54, 1.807) is 30.9 Å². The molecule has 0 saturated heterocycles. The van der Waals surface area contributed by atoms with Gasteiger partial charge in [0.1, 0.15) is 12.2 Å². The second-order valence-electron chi connectivity index (χ2n) is 5.48. The van der Waals surface area contributed by atoms with Crippen molar-refractivity contribution in [3.8, 4) is 0 Å². The van der Waals surface area contributed by atoms with Gasteiger partial charge in [0.05, 0.1) is 11.5 Å². The van der Waals surface area contributed by atoms with Crippen molar-refractivity contribution in [1.29, 1.82) is 0 Å². The average molecular weight is 340 g/mol. The molecule has 8 heteroatoms. The lowest BCUT2D eigenvalue weighted by molar-refractivity contribution is -0.137. The summed E-state index contributed by atoms with van der Waals surface area (Å²) in [6, 6.07) is 4.91. The maximum absolute atomic E-state index is 12.8. The van der Waals surface area contributed by atoms with Gasteiger partial charge in [0.15, 0.2) is 0 Å². The molecule has 2 aromatic rings. The molecule has 1 atom stereocenters. The van der Waals surface area contributed by atoms with Crippen LogP contribution in [0.5, 0.6) is 0 Å². The minimum Gasteiger partial charge on any atom is -0.355 e. The summed E-state index contributed by atoms with van der Waals surface area (Å²) >= 11 is 0. The number of benzene rings is 1. The third-order valence-corrected chi connectivity index (χ3v) is 3.79. The Morgan fingerprint density at radius 1 is 1.38 bits per heavy atom. The van der Waals surface area contributed by atoms with Gasteiger partial charge in [-0.05, 0) is 18.1 Å². The van der Waals surface area contributed by atoms with E-state index < -0.39 is 17.7 Å². The summed E-state index contributed by atoms with van der Waals surface area (Å²) in [4.78, 5) is 12.3. The third-order valence-electron chi connectivity index (χ3n) is 3.79. The molecule has 0 bridgehead atoms. The fraction of sp³-hybridized carbons (Fsp3) is 0.438. The van der Waals surface area contributed by atoms with Crippen molar-refractivity contribution < 1.29 is 18.0 Å². The van der Waals surface area contributed by atoms with E-state index in [1.165, 1.54) is 6.07 Å². The maximum Gasteiger partial charge on any atom is 0.416 e. The lowest BCUT2D eigenvalue weighted by Crippen LogP contribution is -2.31. The molecule has 5 nitrogen and oxygen atoms in total. The molecule has 0 spiro atoms. The van der Waals surface area contributed by atoms with Crippen LogP contribution in [-0.2, 0) is 24.4 Å². The van der Waals surface area contributed by atoms with Crippen molar-refractivity contribution in [2.45, 2.75) is 31.9 Å². The zero-order chi connectivity index (χ0) is 17.7. The zero-order valence-electron chi connectivity index (χ0n) is 13.5. The summed E-state index contributed by atoms with van der Waals surface area (Å²) in [5.74, 6) is -0.187. The normalized spacial score (nSPS) is 12.9. The van der Waals surface area contributed by atoms with Gasteiger partial charge in [-0.2, -0.15) is 13.2 Å². The number of carbonyl (C=O) groups excluding carboxylic acids is 1. The van der Waals surface area contributed by atoms with E-state index in [0.29, 0.717) is 24.9 Å². The van der Waals surface area contributed by atoms with E-state index >= 15 is 0 Å². The molecule has 1 N–H and O–H groups in total. The first kappa shape index (κ1) is 18.0. The smallest absolute Gasteiger partial charge is 0.355 e. The molecular weight excluding hydrogens is 321 g/mol. The van der Waals surface area contributed by atoms with Crippen LogP contribution in [0.3, 0.4) is 0 Å². The number of rotatable bonds is 6. The Morgan fingerprint density at radius 2 is 2.12 bits per heavy atom. The van der Waals surface area contributed by atoms with Gasteiger partial charge in [-0.1, -0.05) is 25.1 Å². The highest BCUT2D eigenvalue weighted by atomic mass is 19.4. The minimum absolute atomic E-state index is 0.293. The maximum atomic E-state index is 12.8. The minimum atomic E-state index is -4.42. The van der Waals surface area contributed by atoms with Crippen molar-refractivity contribution in [2.24, 2.45) is 7.05 Å². The van der Waals surface area contributed by atoms with Gasteiger partial charge < -0.3 is 9.88 Å². The first-order valence-corrected chi connectivity index (χ1v) is 7.60. The predicted molar refractivity (Wildman–Crippen MR) is 82.2 cm³/mol. The highest BCUT2D eigenvalue weighted by Crippen LogP contribution is 2.31. The number of nitrogens with one attached hydrogen (secondary N) is 1. The van der Waals surface area contributed by atoms with Crippen molar-refractivity contribution >= 4 is 5.91 Å². The van der Waals surface area contributed by atoms with E-state index in [2.05, 4.69) is 15.5 Å². The number of hydrogen-bond acceptors (Lipinski definition) is 3. The van der Waals surface area contributed by atoms with Gasteiger partial charge in [0.25, 0.3) is 0 Å². The summed E-state index contributed by atoms with van der Waals surface area (Å²) in [6.45, 7) is 2.12. The summed E-state index contributed by atoms with van der Waals surface area (Å²) in [6.07, 6.45) is -1.94. The number of halogens is 3. The largest absolute Gasteiger partial charge is 0.416 e. The van der Waals surface area contributed by atoms with Gasteiger partial charge in [-0.25, -0.2) is 0 Å². The van der Waals surface area contributed by atoms with Crippen LogP contribution < -0.4 is 5.32 Å². The number of aromatic nitrogens is 3. The molecule has 130 valence electrons. The van der Waals surface area contributed by atoms with Gasteiger partial charge in [-0.15, -0.1) is 10.2 Å². The van der Waals surface area contributed by atoms with E-state index in [4.69, 9.17) is 0 Å². The van der Waals surface area contributed by atoms with Crippen molar-refractivity contribution in [3.05, 3.63) is 47.5 Å². The molecule has 2 rings (SSSR count).